The second kappa shape index (κ2) is 26.7. The first-order valence-corrected chi connectivity index (χ1v) is 41.0. The maximum atomic E-state index is 5.64. The Labute approximate surface area is 688 Å². The average Bonchev–Trinajstić information content (AvgIpc) is 1.59. The van der Waals surface area contributed by atoms with Crippen molar-refractivity contribution in [2.75, 3.05) is 0 Å². The molecule has 6 heterocycles. The quantitative estimate of drug-likeness (QED) is 0.121. The average molecular weight is 1530 g/mol. The molecular weight excluding hydrogens is 1460 g/mol. The van der Waals surface area contributed by atoms with E-state index in [1.54, 1.807) is 0 Å². The standard InChI is InChI=1S/C112H68N8/c1-3-20-69(21-4-1)71-38-41-74(42-39-71)110-114-98-58-49-72-23-9-10-29-87(72)108(98)112(116-110)120-102-37-18-12-31-90(102)94-57-48-81(68-106(94)120)79-52-61-104-96(66-79)92-33-14-17-36-101(92)119(104)86-28-19-25-76(64-86)77-46-55-88-82(62-77)50-59-97-107(88)109(115-111(113-97)83-43-40-70-22-7-8-24-75(70)63-83)73-44-53-85(54-45-73)118-99-34-15-11-30-89(99)93-56-47-80(67-105(93)118)78-51-60-103-95(65-78)91-32-13-16-35-100(91)117(103)84-26-5-2-6-27-84/h1-68H. The fourth-order valence-electron chi connectivity index (χ4n) is 19.3. The van der Waals surface area contributed by atoms with Crippen LogP contribution in [0.3, 0.4) is 0 Å². The van der Waals surface area contributed by atoms with Gasteiger partial charge in [0.25, 0.3) is 0 Å². The van der Waals surface area contributed by atoms with Crippen LogP contribution < -0.4 is 0 Å². The number of para-hydroxylation sites is 5. The SMILES string of the molecule is c1ccc(-c2ccc(-c3nc(-n4c5ccccc5c5ccc(-c6ccc7c(c6)c6ccccc6n7-c6cccc(-c7ccc8c(ccc9nc(-c%10ccc%11ccccc%11c%10)nc(-c%10ccc(-n%11c%12ccccc%12c%12ccc(-c%13ccc%14c(c%13)c%13ccccc%13n%14-c%13ccccc%13)cc%12%11)cc%10)c98)c7)c6)cc54)c4c(ccc5ccccc54)n3)cc2)cc1. The monoisotopic (exact) mass is 1520 g/mol. The second-order valence-corrected chi connectivity index (χ2v) is 31.6. The van der Waals surface area contributed by atoms with Gasteiger partial charge < -0.3 is 13.7 Å². The van der Waals surface area contributed by atoms with Crippen LogP contribution in [-0.4, -0.2) is 38.2 Å². The van der Waals surface area contributed by atoms with Crippen molar-refractivity contribution in [1.29, 1.82) is 0 Å². The van der Waals surface area contributed by atoms with E-state index in [1.165, 1.54) is 59.9 Å². The van der Waals surface area contributed by atoms with Crippen molar-refractivity contribution in [3.63, 3.8) is 0 Å². The summed E-state index contributed by atoms with van der Waals surface area (Å²) in [6, 6.07) is 150. The molecular formula is C112H68N8. The Kier molecular flexibility index (Phi) is 15.0. The molecule has 0 aliphatic rings. The smallest absolute Gasteiger partial charge is 0.162 e. The summed E-state index contributed by atoms with van der Waals surface area (Å²) in [6.07, 6.45) is 0. The number of hydrogen-bond acceptors (Lipinski definition) is 4. The molecule has 0 amide bonds. The van der Waals surface area contributed by atoms with Crippen LogP contribution in [0.4, 0.5) is 0 Å². The highest BCUT2D eigenvalue weighted by molar-refractivity contribution is 6.18. The number of hydrogen-bond donors (Lipinski definition) is 0. The predicted molar refractivity (Wildman–Crippen MR) is 501 cm³/mol. The summed E-state index contributed by atoms with van der Waals surface area (Å²) in [6.45, 7) is 0. The number of fused-ring (bicyclic) bond motifs is 19. The topological polar surface area (TPSA) is 71.3 Å². The van der Waals surface area contributed by atoms with Crippen molar-refractivity contribution < 1.29 is 0 Å². The van der Waals surface area contributed by atoms with Crippen LogP contribution in [0.5, 0.6) is 0 Å². The molecule has 8 nitrogen and oxygen atoms in total. The van der Waals surface area contributed by atoms with E-state index in [0.29, 0.717) is 11.6 Å². The van der Waals surface area contributed by atoms with Gasteiger partial charge in [-0.05, 0) is 198 Å². The van der Waals surface area contributed by atoms with Gasteiger partial charge in [-0.25, -0.2) is 19.9 Å². The van der Waals surface area contributed by atoms with Crippen LogP contribution in [0.15, 0.2) is 413 Å². The van der Waals surface area contributed by atoms with Crippen LogP contribution in [0, 0.1) is 0 Å². The zero-order chi connectivity index (χ0) is 78.6. The Bertz CT molecular complexity index is 8580. The van der Waals surface area contributed by atoms with Gasteiger partial charge in [-0.3, -0.25) is 4.57 Å². The number of aromatic nitrogens is 8. The molecule has 0 aliphatic heterocycles. The maximum Gasteiger partial charge on any atom is 0.162 e. The molecule has 19 aromatic carbocycles. The van der Waals surface area contributed by atoms with E-state index in [9.17, 15) is 0 Å². The minimum atomic E-state index is 0.672. The van der Waals surface area contributed by atoms with E-state index in [4.69, 9.17) is 19.9 Å². The molecule has 6 aromatic heterocycles. The van der Waals surface area contributed by atoms with Crippen molar-refractivity contribution in [3.05, 3.63) is 413 Å². The molecule has 0 spiro atoms. The predicted octanol–water partition coefficient (Wildman–Crippen LogP) is 29.1. The summed E-state index contributed by atoms with van der Waals surface area (Å²) in [4.78, 5) is 22.1. The number of benzene rings is 19. The zero-order valence-electron chi connectivity index (χ0n) is 64.8. The summed E-state index contributed by atoms with van der Waals surface area (Å²) >= 11 is 0. The third-order valence-electron chi connectivity index (χ3n) is 24.9. The molecule has 25 rings (SSSR count). The Hall–Kier alpha value is -16.2. The minimum absolute atomic E-state index is 0.672. The van der Waals surface area contributed by atoms with Crippen molar-refractivity contribution in [1.82, 2.24) is 38.2 Å². The maximum absolute atomic E-state index is 5.64. The minimum Gasteiger partial charge on any atom is -0.309 e. The van der Waals surface area contributed by atoms with E-state index >= 15 is 0 Å². The molecule has 0 fully saturated rings. The Balaban J connectivity index is 0.583. The van der Waals surface area contributed by atoms with Crippen molar-refractivity contribution in [3.8, 4) is 101 Å². The summed E-state index contributed by atoms with van der Waals surface area (Å²) in [7, 11) is 0. The van der Waals surface area contributed by atoms with E-state index in [1.807, 2.05) is 0 Å². The van der Waals surface area contributed by atoms with Crippen molar-refractivity contribution in [2.24, 2.45) is 0 Å². The molecule has 0 unspecified atom stereocenters. The lowest BCUT2D eigenvalue weighted by atomic mass is 9.96. The summed E-state index contributed by atoms with van der Waals surface area (Å²) in [5.41, 5.74) is 27.0. The summed E-state index contributed by atoms with van der Waals surface area (Å²) < 4.78 is 9.62. The number of rotatable bonds is 11. The van der Waals surface area contributed by atoms with Crippen LogP contribution in [0.25, 0.3) is 243 Å². The van der Waals surface area contributed by atoms with Gasteiger partial charge in [0.05, 0.1) is 66.2 Å². The number of nitrogens with zero attached hydrogens (tertiary/aromatic N) is 8. The molecule has 8 heteroatoms. The highest BCUT2D eigenvalue weighted by Gasteiger charge is 2.25. The lowest BCUT2D eigenvalue weighted by Gasteiger charge is -2.15. The van der Waals surface area contributed by atoms with Gasteiger partial charge in [0.2, 0.25) is 0 Å². The van der Waals surface area contributed by atoms with Gasteiger partial charge in [0.1, 0.15) is 5.82 Å². The van der Waals surface area contributed by atoms with Crippen LogP contribution in [0.1, 0.15) is 0 Å². The molecule has 0 bridgehead atoms. The molecule has 25 aromatic rings. The van der Waals surface area contributed by atoms with E-state index < -0.39 is 0 Å². The normalized spacial score (nSPS) is 12.0. The van der Waals surface area contributed by atoms with Crippen LogP contribution >= 0.6 is 0 Å². The van der Waals surface area contributed by atoms with Gasteiger partial charge in [-0.15, -0.1) is 0 Å². The highest BCUT2D eigenvalue weighted by Crippen LogP contribution is 2.46. The van der Waals surface area contributed by atoms with Crippen molar-refractivity contribution in [2.45, 2.75) is 0 Å². The molecule has 0 radical (unpaired) electrons. The van der Waals surface area contributed by atoms with Gasteiger partial charge in [-0.2, -0.15) is 0 Å². The summed E-state index contributed by atoms with van der Waals surface area (Å²) in [5.74, 6) is 2.20. The Morgan fingerprint density at radius 1 is 0.158 bits per heavy atom. The van der Waals surface area contributed by atoms with E-state index in [-0.39, 0.29) is 0 Å². The van der Waals surface area contributed by atoms with E-state index in [0.717, 1.165) is 171 Å². The molecule has 0 N–H and O–H groups in total. The van der Waals surface area contributed by atoms with Crippen LogP contribution in [-0.2, 0) is 0 Å². The molecule has 0 saturated heterocycles. The molecule has 556 valence electrons. The van der Waals surface area contributed by atoms with E-state index in [2.05, 4.69) is 431 Å². The third kappa shape index (κ3) is 10.6. The summed E-state index contributed by atoms with van der Waals surface area (Å²) in [5, 5.41) is 18.3. The first-order valence-electron chi connectivity index (χ1n) is 41.0. The first-order chi connectivity index (χ1) is 59.5. The van der Waals surface area contributed by atoms with Gasteiger partial charge in [0.15, 0.2) is 11.6 Å². The lowest BCUT2D eigenvalue weighted by Crippen LogP contribution is -2.03. The second-order valence-electron chi connectivity index (χ2n) is 31.6. The molecule has 0 atom stereocenters. The van der Waals surface area contributed by atoms with Crippen LogP contribution in [0.2, 0.25) is 0 Å². The fourth-order valence-corrected chi connectivity index (χ4v) is 19.3. The zero-order valence-corrected chi connectivity index (χ0v) is 64.8. The lowest BCUT2D eigenvalue weighted by molar-refractivity contribution is 1.08. The Morgan fingerprint density at radius 3 is 1.18 bits per heavy atom. The molecule has 120 heavy (non-hydrogen) atoms. The van der Waals surface area contributed by atoms with Gasteiger partial charge in [-0.1, -0.05) is 291 Å². The molecule has 0 aliphatic carbocycles. The fraction of sp³-hybridized carbons (Fsp3) is 0. The van der Waals surface area contributed by atoms with Crippen molar-refractivity contribution >= 4 is 141 Å². The Morgan fingerprint density at radius 2 is 0.533 bits per heavy atom. The van der Waals surface area contributed by atoms with Gasteiger partial charge in [0, 0.05) is 82.2 Å². The molecule has 0 saturated carbocycles. The largest absolute Gasteiger partial charge is 0.309 e. The first kappa shape index (κ1) is 67.2. The van der Waals surface area contributed by atoms with Gasteiger partial charge >= 0.3 is 0 Å². The third-order valence-corrected chi connectivity index (χ3v) is 24.9. The highest BCUT2D eigenvalue weighted by atomic mass is 15.1.